The van der Waals surface area contributed by atoms with Gasteiger partial charge in [0, 0.05) is 18.7 Å². The van der Waals surface area contributed by atoms with Gasteiger partial charge < -0.3 is 10.6 Å². The molecule has 0 saturated carbocycles. The molecular weight excluding hydrogens is 255 g/mol. The Morgan fingerprint density at radius 1 is 1.05 bits per heavy atom. The van der Waals surface area contributed by atoms with Crippen LogP contribution in [0.1, 0.15) is 12.0 Å². The molecule has 2 aromatic carbocycles. The van der Waals surface area contributed by atoms with Crippen LogP contribution >= 0.6 is 0 Å². The quantitative estimate of drug-likeness (QED) is 0.909. The number of hydrogen-bond acceptors (Lipinski definition) is 2. The Labute approximate surface area is 117 Å². The van der Waals surface area contributed by atoms with E-state index in [1.54, 1.807) is 17.0 Å². The number of anilines is 1. The normalized spacial score (nSPS) is 10.3. The largest absolute Gasteiger partial charge is 0.330 e. The number of carbonyl (C=O) groups is 1. The number of hydrogen-bond donors (Lipinski definition) is 1. The third kappa shape index (κ3) is 3.65. The van der Waals surface area contributed by atoms with E-state index in [0.717, 1.165) is 5.56 Å². The van der Waals surface area contributed by atoms with E-state index in [9.17, 15) is 9.18 Å². The van der Waals surface area contributed by atoms with Crippen molar-refractivity contribution in [2.45, 2.75) is 13.0 Å². The summed E-state index contributed by atoms with van der Waals surface area (Å²) in [7, 11) is 0. The number of amides is 1. The lowest BCUT2D eigenvalue weighted by Crippen LogP contribution is -2.31. The van der Waals surface area contributed by atoms with E-state index in [4.69, 9.17) is 5.73 Å². The van der Waals surface area contributed by atoms with Crippen molar-refractivity contribution in [1.82, 2.24) is 0 Å². The van der Waals surface area contributed by atoms with Crippen molar-refractivity contribution in [1.29, 1.82) is 0 Å². The van der Waals surface area contributed by atoms with Crippen molar-refractivity contribution in [3.05, 3.63) is 66.0 Å². The molecule has 0 aliphatic heterocycles. The number of rotatable bonds is 5. The summed E-state index contributed by atoms with van der Waals surface area (Å²) in [5.41, 5.74) is 7.15. The molecule has 3 nitrogen and oxygen atoms in total. The van der Waals surface area contributed by atoms with Crippen LogP contribution in [0.4, 0.5) is 10.1 Å². The molecule has 0 spiro atoms. The first kappa shape index (κ1) is 14.2. The number of carbonyl (C=O) groups excluding carboxylic acids is 1. The second-order valence-electron chi connectivity index (χ2n) is 4.48. The average molecular weight is 272 g/mol. The predicted octanol–water partition coefficient (Wildman–Crippen LogP) is 2.71. The van der Waals surface area contributed by atoms with Crippen molar-refractivity contribution in [3.8, 4) is 0 Å². The molecule has 0 heterocycles. The highest BCUT2D eigenvalue weighted by atomic mass is 19.1. The van der Waals surface area contributed by atoms with Gasteiger partial charge in [0.15, 0.2) is 0 Å². The van der Waals surface area contributed by atoms with Gasteiger partial charge in [0.25, 0.3) is 0 Å². The molecule has 0 unspecified atom stereocenters. The van der Waals surface area contributed by atoms with Crippen LogP contribution in [-0.2, 0) is 11.3 Å². The summed E-state index contributed by atoms with van der Waals surface area (Å²) in [5.74, 6) is -0.386. The van der Waals surface area contributed by atoms with Gasteiger partial charge in [-0.15, -0.1) is 0 Å². The third-order valence-electron chi connectivity index (χ3n) is 2.98. The molecule has 2 N–H and O–H groups in total. The molecule has 0 saturated heterocycles. The zero-order valence-corrected chi connectivity index (χ0v) is 11.1. The summed E-state index contributed by atoms with van der Waals surface area (Å²) >= 11 is 0. The Hall–Kier alpha value is -2.20. The van der Waals surface area contributed by atoms with Crippen molar-refractivity contribution < 1.29 is 9.18 Å². The fourth-order valence-electron chi connectivity index (χ4n) is 1.97. The fraction of sp³-hybridized carbons (Fsp3) is 0.188. The van der Waals surface area contributed by atoms with Crippen molar-refractivity contribution >= 4 is 11.6 Å². The maximum absolute atomic E-state index is 13.0. The van der Waals surface area contributed by atoms with E-state index in [-0.39, 0.29) is 18.1 Å². The fourth-order valence-corrected chi connectivity index (χ4v) is 1.97. The Morgan fingerprint density at radius 2 is 1.70 bits per heavy atom. The molecule has 0 atom stereocenters. The Bertz CT molecular complexity index is 554. The second-order valence-corrected chi connectivity index (χ2v) is 4.48. The summed E-state index contributed by atoms with van der Waals surface area (Å²) < 4.78 is 13.0. The van der Waals surface area contributed by atoms with Crippen LogP contribution in [0.2, 0.25) is 0 Å². The first-order valence-electron chi connectivity index (χ1n) is 6.50. The van der Waals surface area contributed by atoms with Crippen LogP contribution in [0.25, 0.3) is 0 Å². The zero-order valence-electron chi connectivity index (χ0n) is 11.1. The summed E-state index contributed by atoms with van der Waals surface area (Å²) in [6, 6.07) is 15.6. The highest BCUT2D eigenvalue weighted by Gasteiger charge is 2.15. The Balaban J connectivity index is 2.25. The van der Waals surface area contributed by atoms with Gasteiger partial charge in [-0.05, 0) is 29.8 Å². The van der Waals surface area contributed by atoms with Gasteiger partial charge in [-0.1, -0.05) is 30.3 Å². The lowest BCUT2D eigenvalue weighted by Gasteiger charge is -2.23. The van der Waals surface area contributed by atoms with Crippen molar-refractivity contribution in [2.75, 3.05) is 11.4 Å². The van der Waals surface area contributed by atoms with E-state index in [1.807, 2.05) is 30.3 Å². The van der Waals surface area contributed by atoms with Crippen molar-refractivity contribution in [3.63, 3.8) is 0 Å². The van der Waals surface area contributed by atoms with Gasteiger partial charge in [0.05, 0.1) is 6.54 Å². The molecule has 104 valence electrons. The van der Waals surface area contributed by atoms with E-state index < -0.39 is 0 Å². The number of halogens is 1. The summed E-state index contributed by atoms with van der Waals surface area (Å²) in [4.78, 5) is 13.8. The lowest BCUT2D eigenvalue weighted by molar-refractivity contribution is -0.118. The lowest BCUT2D eigenvalue weighted by atomic mass is 10.2. The van der Waals surface area contributed by atoms with Crippen LogP contribution in [0.15, 0.2) is 54.6 Å². The van der Waals surface area contributed by atoms with Crippen LogP contribution < -0.4 is 10.6 Å². The summed E-state index contributed by atoms with van der Waals surface area (Å²) in [5, 5.41) is 0. The number of nitrogens with zero attached hydrogens (tertiary/aromatic N) is 1. The topological polar surface area (TPSA) is 46.3 Å². The maximum atomic E-state index is 13.0. The van der Waals surface area contributed by atoms with Gasteiger partial charge >= 0.3 is 0 Å². The van der Waals surface area contributed by atoms with Crippen LogP contribution in [0, 0.1) is 5.82 Å². The molecule has 0 bridgehead atoms. The zero-order chi connectivity index (χ0) is 14.4. The van der Waals surface area contributed by atoms with E-state index in [2.05, 4.69) is 0 Å². The standard InChI is InChI=1S/C16H17FN2O/c17-14-6-8-15(9-7-14)19(16(20)10-11-18)12-13-4-2-1-3-5-13/h1-9H,10-12,18H2. The van der Waals surface area contributed by atoms with Gasteiger partial charge in [0.2, 0.25) is 5.91 Å². The van der Waals surface area contributed by atoms with Crippen LogP contribution in [-0.4, -0.2) is 12.5 Å². The number of nitrogens with two attached hydrogens (primary N) is 1. The maximum Gasteiger partial charge on any atom is 0.228 e. The SMILES string of the molecule is NCCC(=O)N(Cc1ccccc1)c1ccc(F)cc1. The smallest absolute Gasteiger partial charge is 0.228 e. The molecule has 4 heteroatoms. The molecule has 0 aliphatic carbocycles. The molecule has 0 aromatic heterocycles. The third-order valence-corrected chi connectivity index (χ3v) is 2.98. The molecule has 2 aromatic rings. The van der Waals surface area contributed by atoms with Crippen LogP contribution in [0.3, 0.4) is 0 Å². The number of benzene rings is 2. The minimum atomic E-state index is -0.320. The average Bonchev–Trinajstić information content (AvgIpc) is 2.47. The minimum absolute atomic E-state index is 0.0667. The monoisotopic (exact) mass is 272 g/mol. The highest BCUT2D eigenvalue weighted by molar-refractivity contribution is 5.93. The van der Waals surface area contributed by atoms with E-state index in [1.165, 1.54) is 12.1 Å². The second kappa shape index (κ2) is 6.82. The molecule has 0 fully saturated rings. The Morgan fingerprint density at radius 3 is 2.30 bits per heavy atom. The molecular formula is C16H17FN2O. The van der Waals surface area contributed by atoms with Crippen LogP contribution in [0.5, 0.6) is 0 Å². The van der Waals surface area contributed by atoms with Gasteiger partial charge in [0.1, 0.15) is 5.82 Å². The summed E-state index contributed by atoms with van der Waals surface area (Å²) in [6.07, 6.45) is 0.268. The van der Waals surface area contributed by atoms with Gasteiger partial charge in [-0.3, -0.25) is 4.79 Å². The molecule has 0 radical (unpaired) electrons. The van der Waals surface area contributed by atoms with Gasteiger partial charge in [-0.25, -0.2) is 4.39 Å². The molecule has 1 amide bonds. The van der Waals surface area contributed by atoms with E-state index >= 15 is 0 Å². The predicted molar refractivity (Wildman–Crippen MR) is 77.7 cm³/mol. The van der Waals surface area contributed by atoms with Crippen molar-refractivity contribution in [2.24, 2.45) is 5.73 Å². The Kier molecular flexibility index (Phi) is 4.85. The molecule has 20 heavy (non-hydrogen) atoms. The highest BCUT2D eigenvalue weighted by Crippen LogP contribution is 2.19. The van der Waals surface area contributed by atoms with Gasteiger partial charge in [-0.2, -0.15) is 0 Å². The molecule has 2 rings (SSSR count). The first-order chi connectivity index (χ1) is 9.70. The van der Waals surface area contributed by atoms with E-state index in [0.29, 0.717) is 18.8 Å². The minimum Gasteiger partial charge on any atom is -0.330 e. The molecule has 0 aliphatic rings. The first-order valence-corrected chi connectivity index (χ1v) is 6.50. The summed E-state index contributed by atoms with van der Waals surface area (Å²) in [6.45, 7) is 0.747.